The second-order valence-electron chi connectivity index (χ2n) is 7.06. The highest BCUT2D eigenvalue weighted by atomic mass is 16.5. The maximum absolute atomic E-state index is 12.5. The molecule has 0 saturated heterocycles. The topological polar surface area (TPSA) is 69.6 Å². The predicted molar refractivity (Wildman–Crippen MR) is 115 cm³/mol. The van der Waals surface area contributed by atoms with Crippen molar-refractivity contribution < 1.29 is 19.1 Å². The molecule has 0 fully saturated rings. The number of nitrogens with zero attached hydrogens (tertiary/aromatic N) is 1. The molecular formula is C24H26N2O4. The molecule has 1 heterocycles. The van der Waals surface area contributed by atoms with Crippen LogP contribution in [0.2, 0.25) is 0 Å². The Bertz CT molecular complexity index is 1010. The van der Waals surface area contributed by atoms with Crippen LogP contribution in [0.25, 0.3) is 0 Å². The van der Waals surface area contributed by atoms with Crippen molar-refractivity contribution in [2.24, 2.45) is 0 Å². The molecule has 6 nitrogen and oxygen atoms in total. The number of aromatic nitrogens is 1. The molecule has 2 aromatic carbocycles. The summed E-state index contributed by atoms with van der Waals surface area (Å²) in [6.45, 7) is 4.54. The van der Waals surface area contributed by atoms with Gasteiger partial charge in [0.05, 0.1) is 12.7 Å². The Balaban J connectivity index is 1.54. The molecule has 0 saturated carbocycles. The van der Waals surface area contributed by atoms with Crippen LogP contribution in [0.3, 0.4) is 0 Å². The smallest absolute Gasteiger partial charge is 0.340 e. The van der Waals surface area contributed by atoms with Crippen molar-refractivity contribution in [1.82, 2.24) is 9.88 Å². The zero-order valence-electron chi connectivity index (χ0n) is 17.5. The number of nitrogens with one attached hydrogen (secondary N) is 1. The first-order valence-electron chi connectivity index (χ1n) is 9.75. The minimum atomic E-state index is -0.498. The minimum absolute atomic E-state index is 0.322. The third kappa shape index (κ3) is 5.29. The van der Waals surface area contributed by atoms with Gasteiger partial charge in [-0.25, -0.2) is 4.79 Å². The molecule has 0 atom stereocenters. The van der Waals surface area contributed by atoms with E-state index in [1.807, 2.05) is 68.4 Å². The van der Waals surface area contributed by atoms with Crippen LogP contribution < -0.4 is 10.1 Å². The molecule has 1 amide bonds. The Hall–Kier alpha value is -3.54. The van der Waals surface area contributed by atoms with Gasteiger partial charge in [-0.15, -0.1) is 0 Å². The third-order valence-corrected chi connectivity index (χ3v) is 4.96. The monoisotopic (exact) mass is 406 g/mol. The number of hydrogen-bond acceptors (Lipinski definition) is 4. The van der Waals surface area contributed by atoms with Crippen molar-refractivity contribution in [3.8, 4) is 5.75 Å². The fourth-order valence-corrected chi connectivity index (χ4v) is 3.22. The summed E-state index contributed by atoms with van der Waals surface area (Å²) in [7, 11) is 1.60. The zero-order valence-corrected chi connectivity index (χ0v) is 17.5. The second kappa shape index (κ2) is 9.78. The average Bonchev–Trinajstić information content (AvgIpc) is 3.05. The Morgan fingerprint density at radius 1 is 0.967 bits per heavy atom. The molecule has 6 heteroatoms. The van der Waals surface area contributed by atoms with Crippen LogP contribution in [0.5, 0.6) is 5.75 Å². The number of rotatable bonds is 8. The number of ether oxygens (including phenoxy) is 2. The molecule has 3 rings (SSSR count). The highest BCUT2D eigenvalue weighted by molar-refractivity contribution is 5.92. The van der Waals surface area contributed by atoms with Gasteiger partial charge in [0.15, 0.2) is 6.61 Å². The van der Waals surface area contributed by atoms with Crippen LogP contribution >= 0.6 is 0 Å². The lowest BCUT2D eigenvalue weighted by atomic mass is 10.2. The normalized spacial score (nSPS) is 10.5. The van der Waals surface area contributed by atoms with Crippen molar-refractivity contribution in [3.05, 3.63) is 88.7 Å². The van der Waals surface area contributed by atoms with Crippen molar-refractivity contribution in [2.75, 3.05) is 13.7 Å². The standard InChI is InChI=1S/C24H26N2O4/c1-17-13-22(18(2)26(17)15-20-7-5-4-6-8-20)24(28)30-16-23(27)25-14-19-9-11-21(29-3)12-10-19/h4-13H,14-16H2,1-3H3,(H,25,27). The van der Waals surface area contributed by atoms with E-state index in [0.29, 0.717) is 18.7 Å². The van der Waals surface area contributed by atoms with Gasteiger partial charge >= 0.3 is 5.97 Å². The highest BCUT2D eigenvalue weighted by Gasteiger charge is 2.18. The quantitative estimate of drug-likeness (QED) is 0.580. The average molecular weight is 406 g/mol. The van der Waals surface area contributed by atoms with E-state index in [-0.39, 0.29) is 12.5 Å². The molecule has 1 N–H and O–H groups in total. The molecule has 3 aromatic rings. The fraction of sp³-hybridized carbons (Fsp3) is 0.250. The highest BCUT2D eigenvalue weighted by Crippen LogP contribution is 2.18. The zero-order chi connectivity index (χ0) is 21.5. The first-order chi connectivity index (χ1) is 14.5. The van der Waals surface area contributed by atoms with Gasteiger partial charge in [0.2, 0.25) is 0 Å². The molecule has 0 aliphatic rings. The van der Waals surface area contributed by atoms with E-state index in [2.05, 4.69) is 9.88 Å². The number of methoxy groups -OCH3 is 1. The number of hydrogen-bond donors (Lipinski definition) is 1. The SMILES string of the molecule is COc1ccc(CNC(=O)COC(=O)c2cc(C)n(Cc3ccccc3)c2C)cc1. The van der Waals surface area contributed by atoms with E-state index in [1.165, 1.54) is 0 Å². The summed E-state index contributed by atoms with van der Waals surface area (Å²) >= 11 is 0. The summed E-state index contributed by atoms with van der Waals surface area (Å²) in [5.74, 6) is -0.0943. The van der Waals surface area contributed by atoms with Crippen LogP contribution in [0.4, 0.5) is 0 Å². The third-order valence-electron chi connectivity index (χ3n) is 4.96. The number of amides is 1. The Morgan fingerprint density at radius 3 is 2.33 bits per heavy atom. The van der Waals surface area contributed by atoms with Gasteiger partial charge in [0, 0.05) is 24.5 Å². The number of benzene rings is 2. The number of carbonyl (C=O) groups excluding carboxylic acids is 2. The van der Waals surface area contributed by atoms with Gasteiger partial charge < -0.3 is 19.4 Å². The molecule has 0 spiro atoms. The Morgan fingerprint density at radius 2 is 1.67 bits per heavy atom. The van der Waals surface area contributed by atoms with E-state index in [9.17, 15) is 9.59 Å². The van der Waals surface area contributed by atoms with Gasteiger partial charge in [-0.2, -0.15) is 0 Å². The molecule has 156 valence electrons. The largest absolute Gasteiger partial charge is 0.497 e. The van der Waals surface area contributed by atoms with Crippen molar-refractivity contribution in [3.63, 3.8) is 0 Å². The van der Waals surface area contributed by atoms with Gasteiger partial charge in [0.25, 0.3) is 5.91 Å². The van der Waals surface area contributed by atoms with Crippen LogP contribution in [0.1, 0.15) is 32.9 Å². The molecule has 30 heavy (non-hydrogen) atoms. The first kappa shape index (κ1) is 21.2. The summed E-state index contributed by atoms with van der Waals surface area (Å²) in [5.41, 5.74) is 4.34. The molecule has 1 aromatic heterocycles. The van der Waals surface area contributed by atoms with Crippen molar-refractivity contribution in [2.45, 2.75) is 26.9 Å². The maximum Gasteiger partial charge on any atom is 0.340 e. The minimum Gasteiger partial charge on any atom is -0.497 e. The fourth-order valence-electron chi connectivity index (χ4n) is 3.22. The number of esters is 1. The van der Waals surface area contributed by atoms with Crippen LogP contribution in [-0.2, 0) is 22.6 Å². The Kier molecular flexibility index (Phi) is 6.91. The molecule has 0 aliphatic heterocycles. The van der Waals surface area contributed by atoms with E-state index in [1.54, 1.807) is 13.2 Å². The van der Waals surface area contributed by atoms with E-state index in [4.69, 9.17) is 9.47 Å². The summed E-state index contributed by atoms with van der Waals surface area (Å²) in [6, 6.07) is 19.2. The van der Waals surface area contributed by atoms with Crippen LogP contribution in [-0.4, -0.2) is 30.2 Å². The molecular weight excluding hydrogens is 380 g/mol. The van der Waals surface area contributed by atoms with E-state index < -0.39 is 5.97 Å². The van der Waals surface area contributed by atoms with Gasteiger partial charge in [0.1, 0.15) is 5.75 Å². The lowest BCUT2D eigenvalue weighted by Crippen LogP contribution is -2.28. The van der Waals surface area contributed by atoms with Crippen molar-refractivity contribution in [1.29, 1.82) is 0 Å². The van der Waals surface area contributed by atoms with Gasteiger partial charge in [-0.3, -0.25) is 4.79 Å². The molecule has 0 unspecified atom stereocenters. The Labute approximate surface area is 176 Å². The van der Waals surface area contributed by atoms with Crippen LogP contribution in [0.15, 0.2) is 60.7 Å². The molecule has 0 aliphatic carbocycles. The second-order valence-corrected chi connectivity index (χ2v) is 7.06. The lowest BCUT2D eigenvalue weighted by molar-refractivity contribution is -0.124. The van der Waals surface area contributed by atoms with E-state index in [0.717, 1.165) is 28.3 Å². The molecule has 0 bridgehead atoms. The van der Waals surface area contributed by atoms with Gasteiger partial charge in [-0.1, -0.05) is 42.5 Å². The first-order valence-corrected chi connectivity index (χ1v) is 9.75. The summed E-state index contributed by atoms with van der Waals surface area (Å²) in [4.78, 5) is 24.6. The predicted octanol–water partition coefficient (Wildman–Crippen LogP) is 3.64. The lowest BCUT2D eigenvalue weighted by Gasteiger charge is -2.10. The summed E-state index contributed by atoms with van der Waals surface area (Å²) in [6.07, 6.45) is 0. The summed E-state index contributed by atoms with van der Waals surface area (Å²) < 4.78 is 12.4. The van der Waals surface area contributed by atoms with Crippen LogP contribution in [0, 0.1) is 13.8 Å². The van der Waals surface area contributed by atoms with Gasteiger partial charge in [-0.05, 0) is 43.2 Å². The molecule has 0 radical (unpaired) electrons. The number of aryl methyl sites for hydroxylation is 1. The number of carbonyl (C=O) groups is 2. The van der Waals surface area contributed by atoms with Crippen molar-refractivity contribution >= 4 is 11.9 Å². The summed E-state index contributed by atoms with van der Waals surface area (Å²) in [5, 5.41) is 2.74. The van der Waals surface area contributed by atoms with E-state index >= 15 is 0 Å². The maximum atomic E-state index is 12.5.